The van der Waals surface area contributed by atoms with Gasteiger partial charge in [-0.3, -0.25) is 4.21 Å². The summed E-state index contributed by atoms with van der Waals surface area (Å²) in [4.78, 5) is 13.5. The van der Waals surface area contributed by atoms with Gasteiger partial charge in [0.05, 0.1) is 0 Å². The van der Waals surface area contributed by atoms with Crippen LogP contribution in [0.4, 0.5) is 0 Å². The van der Waals surface area contributed by atoms with E-state index in [0.29, 0.717) is 5.75 Å². The molecule has 0 fully saturated rings. The molecule has 0 radical (unpaired) electrons. The minimum Gasteiger partial charge on any atom is -0.477 e. The Labute approximate surface area is 120 Å². The Kier molecular flexibility index (Phi) is 5.49. The lowest BCUT2D eigenvalue weighted by molar-refractivity contribution is 0.0690. The van der Waals surface area contributed by atoms with Crippen molar-refractivity contribution < 1.29 is 22.5 Å². The SMILES string of the molecule is CCS(=O)CCNS(=O)(=O)c1c(C)[nH]c(C(=O)O)c1C. The number of aromatic amines is 1. The summed E-state index contributed by atoms with van der Waals surface area (Å²) in [6.45, 7) is 4.74. The van der Waals surface area contributed by atoms with Crippen LogP contribution in [0.1, 0.15) is 28.7 Å². The molecule has 1 rings (SSSR count). The lowest BCUT2D eigenvalue weighted by Crippen LogP contribution is -2.29. The molecule has 0 aliphatic rings. The van der Waals surface area contributed by atoms with Gasteiger partial charge in [0, 0.05) is 40.1 Å². The minimum atomic E-state index is -3.82. The van der Waals surface area contributed by atoms with Crippen molar-refractivity contribution in [3.63, 3.8) is 0 Å². The molecular formula is C11H18N2O5S2. The van der Waals surface area contributed by atoms with Crippen molar-refractivity contribution in [1.82, 2.24) is 9.71 Å². The molecule has 3 N–H and O–H groups in total. The summed E-state index contributed by atoms with van der Waals surface area (Å²) in [7, 11) is -4.88. The number of carboxylic acid groups (broad SMARTS) is 1. The minimum absolute atomic E-state index is 0.0508. The number of H-pyrrole nitrogens is 1. The molecule has 0 saturated carbocycles. The van der Waals surface area contributed by atoms with Gasteiger partial charge < -0.3 is 10.1 Å². The Morgan fingerprint density at radius 1 is 1.40 bits per heavy atom. The second-order valence-electron chi connectivity index (χ2n) is 4.21. The van der Waals surface area contributed by atoms with Gasteiger partial charge in [-0.1, -0.05) is 6.92 Å². The highest BCUT2D eigenvalue weighted by molar-refractivity contribution is 7.89. The van der Waals surface area contributed by atoms with Crippen molar-refractivity contribution in [3.8, 4) is 0 Å². The first-order valence-electron chi connectivity index (χ1n) is 5.97. The largest absolute Gasteiger partial charge is 0.477 e. The van der Waals surface area contributed by atoms with Crippen LogP contribution in [-0.2, 0) is 20.8 Å². The van der Waals surface area contributed by atoms with Crippen LogP contribution < -0.4 is 4.72 Å². The number of carbonyl (C=O) groups is 1. The van der Waals surface area contributed by atoms with Gasteiger partial charge in [0.2, 0.25) is 10.0 Å². The number of carboxylic acids is 1. The molecule has 1 heterocycles. The second kappa shape index (κ2) is 6.51. The van der Waals surface area contributed by atoms with Gasteiger partial charge in [0.1, 0.15) is 10.6 Å². The van der Waals surface area contributed by atoms with Crippen LogP contribution in [-0.4, -0.2) is 46.7 Å². The Bertz CT molecular complexity index is 633. The fourth-order valence-corrected chi connectivity index (χ4v) is 4.08. The summed E-state index contributed by atoms with van der Waals surface area (Å²) in [5, 5.41) is 8.96. The van der Waals surface area contributed by atoms with E-state index >= 15 is 0 Å². The Balaban J connectivity index is 2.99. The molecule has 0 amide bonds. The predicted molar refractivity (Wildman–Crippen MR) is 76.0 cm³/mol. The molecule has 0 aliphatic carbocycles. The van der Waals surface area contributed by atoms with Crippen molar-refractivity contribution in [3.05, 3.63) is 17.0 Å². The number of hydrogen-bond donors (Lipinski definition) is 3. The summed E-state index contributed by atoms with van der Waals surface area (Å²) in [6, 6.07) is 0. The van der Waals surface area contributed by atoms with Crippen LogP contribution in [0.3, 0.4) is 0 Å². The van der Waals surface area contributed by atoms with Crippen molar-refractivity contribution in [2.75, 3.05) is 18.1 Å². The first-order chi connectivity index (χ1) is 9.20. The Morgan fingerprint density at radius 2 is 2.00 bits per heavy atom. The third kappa shape index (κ3) is 3.68. The van der Waals surface area contributed by atoms with E-state index in [1.807, 2.05) is 0 Å². The van der Waals surface area contributed by atoms with Gasteiger partial charge in [-0.05, 0) is 13.8 Å². The van der Waals surface area contributed by atoms with Crippen LogP contribution in [0.5, 0.6) is 0 Å². The van der Waals surface area contributed by atoms with E-state index < -0.39 is 26.8 Å². The molecule has 1 aromatic rings. The zero-order valence-electron chi connectivity index (χ0n) is 11.5. The number of sulfonamides is 1. The second-order valence-corrected chi connectivity index (χ2v) is 7.78. The standard InChI is InChI=1S/C11H18N2O5S2/c1-4-19(16)6-5-12-20(17,18)10-7(2)9(11(14)15)13-8(10)3/h12-13H,4-6H2,1-3H3,(H,14,15). The predicted octanol–water partition coefficient (Wildman–Crippen LogP) is 0.377. The summed E-state index contributed by atoms with van der Waals surface area (Å²) < 4.78 is 37.9. The zero-order valence-corrected chi connectivity index (χ0v) is 13.2. The number of nitrogens with one attached hydrogen (secondary N) is 2. The van der Waals surface area contributed by atoms with E-state index in [1.54, 1.807) is 6.92 Å². The number of aromatic carboxylic acids is 1. The fourth-order valence-electron chi connectivity index (χ4n) is 1.86. The van der Waals surface area contributed by atoms with E-state index in [-0.39, 0.29) is 34.1 Å². The number of rotatable bonds is 7. The molecule has 0 saturated heterocycles. The van der Waals surface area contributed by atoms with Gasteiger partial charge in [-0.2, -0.15) is 0 Å². The van der Waals surface area contributed by atoms with Crippen LogP contribution in [0.15, 0.2) is 4.90 Å². The van der Waals surface area contributed by atoms with Crippen molar-refractivity contribution >= 4 is 26.8 Å². The quantitative estimate of drug-likeness (QED) is 0.671. The van der Waals surface area contributed by atoms with Gasteiger partial charge in [0.15, 0.2) is 0 Å². The van der Waals surface area contributed by atoms with Crippen LogP contribution in [0, 0.1) is 13.8 Å². The van der Waals surface area contributed by atoms with Crippen molar-refractivity contribution in [2.45, 2.75) is 25.7 Å². The highest BCUT2D eigenvalue weighted by Gasteiger charge is 2.26. The molecule has 1 unspecified atom stereocenters. The van der Waals surface area contributed by atoms with Crippen LogP contribution in [0.25, 0.3) is 0 Å². The highest BCUT2D eigenvalue weighted by atomic mass is 32.2. The average molecular weight is 322 g/mol. The van der Waals surface area contributed by atoms with Gasteiger partial charge in [-0.15, -0.1) is 0 Å². The third-order valence-corrected chi connectivity index (χ3v) is 5.83. The van der Waals surface area contributed by atoms with Gasteiger partial charge >= 0.3 is 5.97 Å². The normalized spacial score (nSPS) is 13.3. The molecule has 114 valence electrons. The van der Waals surface area contributed by atoms with Crippen LogP contribution in [0.2, 0.25) is 0 Å². The zero-order chi connectivity index (χ0) is 15.5. The molecule has 7 nitrogen and oxygen atoms in total. The maximum absolute atomic E-state index is 12.2. The summed E-state index contributed by atoms with van der Waals surface area (Å²) in [5.41, 5.74) is 0.295. The van der Waals surface area contributed by atoms with Crippen molar-refractivity contribution in [1.29, 1.82) is 0 Å². The highest BCUT2D eigenvalue weighted by Crippen LogP contribution is 2.22. The molecular weight excluding hydrogens is 304 g/mol. The summed E-state index contributed by atoms with van der Waals surface area (Å²) in [6.07, 6.45) is 0. The maximum Gasteiger partial charge on any atom is 0.352 e. The summed E-state index contributed by atoms with van der Waals surface area (Å²) in [5.74, 6) is -0.518. The Morgan fingerprint density at radius 3 is 2.45 bits per heavy atom. The molecule has 0 spiro atoms. The van der Waals surface area contributed by atoms with Crippen molar-refractivity contribution in [2.24, 2.45) is 0 Å². The van der Waals surface area contributed by atoms with E-state index in [0.717, 1.165) is 0 Å². The van der Waals surface area contributed by atoms with Gasteiger partial charge in [0.25, 0.3) is 0 Å². The molecule has 0 bridgehead atoms. The molecule has 0 aromatic carbocycles. The number of aryl methyl sites for hydroxylation is 1. The first-order valence-corrected chi connectivity index (χ1v) is 8.95. The molecule has 1 atom stereocenters. The smallest absolute Gasteiger partial charge is 0.352 e. The maximum atomic E-state index is 12.2. The van der Waals surface area contributed by atoms with Crippen LogP contribution >= 0.6 is 0 Å². The van der Waals surface area contributed by atoms with E-state index in [2.05, 4.69) is 9.71 Å². The fraction of sp³-hybridized carbons (Fsp3) is 0.545. The van der Waals surface area contributed by atoms with E-state index in [9.17, 15) is 17.4 Å². The number of aromatic nitrogens is 1. The molecule has 1 aromatic heterocycles. The Hall–Kier alpha value is -1.19. The first kappa shape index (κ1) is 16.9. The molecule has 0 aliphatic heterocycles. The van der Waals surface area contributed by atoms with E-state index in [1.165, 1.54) is 13.8 Å². The third-order valence-electron chi connectivity index (χ3n) is 2.80. The monoisotopic (exact) mass is 322 g/mol. The average Bonchev–Trinajstić information content (AvgIpc) is 2.64. The van der Waals surface area contributed by atoms with E-state index in [4.69, 9.17) is 5.11 Å². The molecule has 9 heteroatoms. The topological polar surface area (TPSA) is 116 Å². The number of hydrogen-bond acceptors (Lipinski definition) is 4. The molecule has 20 heavy (non-hydrogen) atoms. The summed E-state index contributed by atoms with van der Waals surface area (Å²) >= 11 is 0. The van der Waals surface area contributed by atoms with Gasteiger partial charge in [-0.25, -0.2) is 17.9 Å². The lowest BCUT2D eigenvalue weighted by atomic mass is 10.2. The lowest BCUT2D eigenvalue weighted by Gasteiger charge is -2.07.